The highest BCUT2D eigenvalue weighted by molar-refractivity contribution is 6.33. The van der Waals surface area contributed by atoms with Crippen molar-refractivity contribution in [2.75, 3.05) is 18.5 Å². The van der Waals surface area contributed by atoms with Crippen LogP contribution in [0.2, 0.25) is 5.02 Å². The van der Waals surface area contributed by atoms with Gasteiger partial charge >= 0.3 is 0 Å². The van der Waals surface area contributed by atoms with Crippen molar-refractivity contribution in [1.82, 2.24) is 0 Å². The Morgan fingerprint density at radius 3 is 2.62 bits per heavy atom. The molecule has 0 aliphatic rings. The lowest BCUT2D eigenvalue weighted by atomic mass is 10.2. The molecule has 0 atom stereocenters. The molecule has 6 heteroatoms. The zero-order chi connectivity index (χ0) is 15.2. The molecule has 0 bridgehead atoms. The third-order valence-electron chi connectivity index (χ3n) is 2.86. The van der Waals surface area contributed by atoms with Crippen LogP contribution in [0.25, 0.3) is 0 Å². The molecule has 1 N–H and O–H groups in total. The average Bonchev–Trinajstić information content (AvgIpc) is 2.47. The highest BCUT2D eigenvalue weighted by atomic mass is 35.5. The van der Waals surface area contributed by atoms with Gasteiger partial charge in [-0.25, -0.2) is 0 Å². The van der Waals surface area contributed by atoms with Gasteiger partial charge in [0.25, 0.3) is 5.69 Å². The molecule has 0 radical (unpaired) electrons. The normalized spacial score (nSPS) is 10.2. The summed E-state index contributed by atoms with van der Waals surface area (Å²) in [5, 5.41) is 14.4. The molecule has 2 aromatic rings. The molecule has 0 heterocycles. The van der Waals surface area contributed by atoms with E-state index in [4.69, 9.17) is 16.3 Å². The van der Waals surface area contributed by atoms with Gasteiger partial charge in [0.05, 0.1) is 15.6 Å². The minimum absolute atomic E-state index is 0.0482. The van der Waals surface area contributed by atoms with Crippen molar-refractivity contribution >= 4 is 23.0 Å². The van der Waals surface area contributed by atoms with Gasteiger partial charge in [-0.2, -0.15) is 0 Å². The van der Waals surface area contributed by atoms with E-state index in [9.17, 15) is 10.1 Å². The summed E-state index contributed by atoms with van der Waals surface area (Å²) in [6.07, 6.45) is 0. The van der Waals surface area contributed by atoms with Gasteiger partial charge < -0.3 is 10.1 Å². The van der Waals surface area contributed by atoms with Crippen LogP contribution < -0.4 is 10.1 Å². The maximum atomic E-state index is 10.5. The molecule has 0 amide bonds. The highest BCUT2D eigenvalue weighted by Crippen LogP contribution is 2.22. The van der Waals surface area contributed by atoms with E-state index in [0.717, 1.165) is 11.3 Å². The Morgan fingerprint density at radius 2 is 1.95 bits per heavy atom. The minimum Gasteiger partial charge on any atom is -0.492 e. The number of halogens is 1. The molecule has 2 rings (SSSR count). The molecule has 21 heavy (non-hydrogen) atoms. The molecule has 0 spiro atoms. The van der Waals surface area contributed by atoms with Crippen molar-refractivity contribution in [2.24, 2.45) is 0 Å². The summed E-state index contributed by atoms with van der Waals surface area (Å²) in [6.45, 7) is 3.01. The Bertz CT molecular complexity index is 629. The molecular formula is C15H15ClN2O3. The van der Waals surface area contributed by atoms with Gasteiger partial charge in [0.15, 0.2) is 0 Å². The van der Waals surface area contributed by atoms with Gasteiger partial charge in [-0.15, -0.1) is 0 Å². The quantitative estimate of drug-likeness (QED) is 0.497. The van der Waals surface area contributed by atoms with E-state index in [0.29, 0.717) is 23.9 Å². The fourth-order valence-electron chi connectivity index (χ4n) is 1.79. The van der Waals surface area contributed by atoms with Crippen LogP contribution in [0.3, 0.4) is 0 Å². The Labute approximate surface area is 127 Å². The summed E-state index contributed by atoms with van der Waals surface area (Å²) in [6, 6.07) is 11.8. The molecule has 0 aromatic heterocycles. The van der Waals surface area contributed by atoms with Gasteiger partial charge in [0.2, 0.25) is 0 Å². The summed E-state index contributed by atoms with van der Waals surface area (Å²) in [4.78, 5) is 10.1. The third kappa shape index (κ3) is 4.36. The predicted octanol–water partition coefficient (Wildman–Crippen LogP) is 4.05. The number of hydrogen-bond donors (Lipinski definition) is 1. The van der Waals surface area contributed by atoms with E-state index in [1.807, 2.05) is 25.1 Å². The lowest BCUT2D eigenvalue weighted by molar-refractivity contribution is -0.384. The Balaban J connectivity index is 1.81. The number of nitro groups is 1. The number of ether oxygens (including phenoxy) is 1. The number of hydrogen-bond acceptors (Lipinski definition) is 4. The smallest absolute Gasteiger partial charge is 0.269 e. The Kier molecular flexibility index (Phi) is 5.00. The van der Waals surface area contributed by atoms with E-state index in [-0.39, 0.29) is 5.69 Å². The predicted molar refractivity (Wildman–Crippen MR) is 83.3 cm³/mol. The largest absolute Gasteiger partial charge is 0.492 e. The molecule has 2 aromatic carbocycles. The van der Waals surface area contributed by atoms with Crippen LogP contribution in [-0.2, 0) is 0 Å². The Hall–Kier alpha value is -2.27. The zero-order valence-corrected chi connectivity index (χ0v) is 12.3. The fourth-order valence-corrected chi connectivity index (χ4v) is 1.98. The minimum atomic E-state index is -0.439. The lowest BCUT2D eigenvalue weighted by Crippen LogP contribution is -2.11. The first-order valence-corrected chi connectivity index (χ1v) is 6.81. The summed E-state index contributed by atoms with van der Waals surface area (Å²) in [5.74, 6) is 0.595. The average molecular weight is 307 g/mol. The van der Waals surface area contributed by atoms with Crippen molar-refractivity contribution in [3.8, 4) is 5.75 Å². The van der Waals surface area contributed by atoms with Crippen molar-refractivity contribution in [2.45, 2.75) is 6.92 Å². The van der Waals surface area contributed by atoms with Crippen LogP contribution in [0.1, 0.15) is 5.56 Å². The van der Waals surface area contributed by atoms with Crippen molar-refractivity contribution < 1.29 is 9.66 Å². The number of nitro benzene ring substituents is 1. The first-order chi connectivity index (χ1) is 10.1. The molecule has 5 nitrogen and oxygen atoms in total. The third-order valence-corrected chi connectivity index (χ3v) is 3.19. The maximum absolute atomic E-state index is 10.5. The van der Waals surface area contributed by atoms with Crippen LogP contribution >= 0.6 is 11.6 Å². The second kappa shape index (κ2) is 6.95. The van der Waals surface area contributed by atoms with Crippen molar-refractivity contribution in [1.29, 1.82) is 0 Å². The van der Waals surface area contributed by atoms with Gasteiger partial charge in [-0.1, -0.05) is 17.7 Å². The topological polar surface area (TPSA) is 64.4 Å². The van der Waals surface area contributed by atoms with E-state index >= 15 is 0 Å². The first kappa shape index (κ1) is 15.1. The van der Waals surface area contributed by atoms with Crippen LogP contribution in [-0.4, -0.2) is 18.1 Å². The van der Waals surface area contributed by atoms with Crippen LogP contribution in [0.4, 0.5) is 11.4 Å². The second-order valence-electron chi connectivity index (χ2n) is 4.51. The molecule has 0 fully saturated rings. The molecule has 0 saturated heterocycles. The van der Waals surface area contributed by atoms with Crippen LogP contribution in [0, 0.1) is 17.0 Å². The fraction of sp³-hybridized carbons (Fsp3) is 0.200. The van der Waals surface area contributed by atoms with Gasteiger partial charge in [-0.05, 0) is 36.8 Å². The van der Waals surface area contributed by atoms with Gasteiger partial charge in [0, 0.05) is 18.7 Å². The highest BCUT2D eigenvalue weighted by Gasteiger charge is 2.04. The standard InChI is InChI=1S/C15H15ClN2O3/c1-11-2-7-14(16)15(10-11)17-8-9-21-13-5-3-12(4-6-13)18(19)20/h2-7,10,17H,8-9H2,1H3. The number of nitrogens with one attached hydrogen (secondary N) is 1. The summed E-state index contributed by atoms with van der Waals surface area (Å²) < 4.78 is 5.50. The molecule has 0 saturated carbocycles. The van der Waals surface area contributed by atoms with Crippen LogP contribution in [0.5, 0.6) is 5.75 Å². The number of aryl methyl sites for hydroxylation is 1. The van der Waals surface area contributed by atoms with Gasteiger partial charge in [-0.3, -0.25) is 10.1 Å². The second-order valence-corrected chi connectivity index (χ2v) is 4.92. The van der Waals surface area contributed by atoms with Crippen molar-refractivity contribution in [3.05, 3.63) is 63.2 Å². The number of benzene rings is 2. The van der Waals surface area contributed by atoms with Crippen molar-refractivity contribution in [3.63, 3.8) is 0 Å². The molecular weight excluding hydrogens is 292 g/mol. The number of nitrogens with zero attached hydrogens (tertiary/aromatic N) is 1. The molecule has 0 aliphatic carbocycles. The van der Waals surface area contributed by atoms with E-state index in [2.05, 4.69) is 5.32 Å². The molecule has 0 aliphatic heterocycles. The summed E-state index contributed by atoms with van der Waals surface area (Å²) in [7, 11) is 0. The monoisotopic (exact) mass is 306 g/mol. The maximum Gasteiger partial charge on any atom is 0.269 e. The van der Waals surface area contributed by atoms with E-state index in [1.54, 1.807) is 12.1 Å². The molecule has 0 unspecified atom stereocenters. The molecule has 110 valence electrons. The lowest BCUT2D eigenvalue weighted by Gasteiger charge is -2.10. The van der Waals surface area contributed by atoms with E-state index in [1.165, 1.54) is 12.1 Å². The van der Waals surface area contributed by atoms with Gasteiger partial charge in [0.1, 0.15) is 12.4 Å². The first-order valence-electron chi connectivity index (χ1n) is 6.43. The zero-order valence-electron chi connectivity index (χ0n) is 11.5. The van der Waals surface area contributed by atoms with E-state index < -0.39 is 4.92 Å². The SMILES string of the molecule is Cc1ccc(Cl)c(NCCOc2ccc([N+](=O)[O-])cc2)c1. The summed E-state index contributed by atoms with van der Waals surface area (Å²) in [5.41, 5.74) is 2.04. The number of rotatable bonds is 6. The van der Waals surface area contributed by atoms with Crippen LogP contribution in [0.15, 0.2) is 42.5 Å². The summed E-state index contributed by atoms with van der Waals surface area (Å²) >= 11 is 6.07. The number of anilines is 1. The number of non-ortho nitro benzene ring substituents is 1. The Morgan fingerprint density at radius 1 is 1.24 bits per heavy atom.